The summed E-state index contributed by atoms with van der Waals surface area (Å²) in [5.74, 6) is -0.911. The minimum atomic E-state index is -0.525. The van der Waals surface area contributed by atoms with Crippen molar-refractivity contribution < 1.29 is 24.0 Å². The first-order valence-electron chi connectivity index (χ1n) is 8.65. The van der Waals surface area contributed by atoms with Crippen molar-refractivity contribution in [2.75, 3.05) is 6.61 Å². The number of hydrogen-bond donors (Lipinski definition) is 0. The quantitative estimate of drug-likeness (QED) is 0.305. The molecule has 0 N–H and O–H groups in total. The molecule has 1 aliphatic rings. The Morgan fingerprint density at radius 2 is 1.93 bits per heavy atom. The van der Waals surface area contributed by atoms with Crippen LogP contribution in [0.3, 0.4) is 0 Å². The minimum absolute atomic E-state index is 0.0556. The fraction of sp³-hybridized carbons (Fsp3) is 0.150. The van der Waals surface area contributed by atoms with Crippen molar-refractivity contribution in [3.05, 3.63) is 80.2 Å². The topological polar surface area (TPSA) is 107 Å². The van der Waals surface area contributed by atoms with E-state index in [2.05, 4.69) is 0 Å². The molecule has 2 aromatic carbocycles. The van der Waals surface area contributed by atoms with E-state index in [4.69, 9.17) is 4.74 Å². The van der Waals surface area contributed by atoms with Gasteiger partial charge >= 0.3 is 5.97 Å². The Bertz CT molecular complexity index is 1020. The van der Waals surface area contributed by atoms with Crippen LogP contribution in [0.5, 0.6) is 0 Å². The maximum Gasteiger partial charge on any atom is 0.338 e. The molecule has 2 amide bonds. The molecule has 0 saturated carbocycles. The molecule has 0 atom stereocenters. The van der Waals surface area contributed by atoms with E-state index < -0.39 is 22.0 Å². The largest absolute Gasteiger partial charge is 0.462 e. The molecule has 29 heavy (non-hydrogen) atoms. The number of ether oxygens (including phenoxy) is 1. The van der Waals surface area contributed by atoms with Crippen molar-refractivity contribution in [1.82, 2.24) is 4.90 Å². The third kappa shape index (κ3) is 4.69. The molecular formula is C20H16N2O6S. The number of imide groups is 1. The van der Waals surface area contributed by atoms with Gasteiger partial charge in [-0.05, 0) is 48.0 Å². The second-order valence-electron chi connectivity index (χ2n) is 6.04. The van der Waals surface area contributed by atoms with Gasteiger partial charge in [-0.1, -0.05) is 24.3 Å². The van der Waals surface area contributed by atoms with Crippen LogP contribution in [-0.2, 0) is 16.1 Å². The van der Waals surface area contributed by atoms with Crippen LogP contribution in [0.25, 0.3) is 6.08 Å². The number of carbonyl (C=O) groups excluding carboxylic acids is 3. The molecule has 3 rings (SSSR count). The van der Waals surface area contributed by atoms with Crippen LogP contribution in [0.2, 0.25) is 0 Å². The second kappa shape index (κ2) is 8.70. The van der Waals surface area contributed by atoms with Crippen LogP contribution < -0.4 is 0 Å². The van der Waals surface area contributed by atoms with Crippen molar-refractivity contribution in [3.63, 3.8) is 0 Å². The van der Waals surface area contributed by atoms with Crippen LogP contribution in [0.1, 0.15) is 28.4 Å². The first-order valence-corrected chi connectivity index (χ1v) is 9.46. The summed E-state index contributed by atoms with van der Waals surface area (Å²) < 4.78 is 4.92. The van der Waals surface area contributed by atoms with E-state index in [0.29, 0.717) is 16.7 Å². The van der Waals surface area contributed by atoms with Gasteiger partial charge < -0.3 is 4.74 Å². The molecule has 0 spiro atoms. The number of benzene rings is 2. The highest BCUT2D eigenvalue weighted by Crippen LogP contribution is 2.33. The highest BCUT2D eigenvalue weighted by atomic mass is 32.2. The van der Waals surface area contributed by atoms with Crippen molar-refractivity contribution in [2.45, 2.75) is 13.5 Å². The van der Waals surface area contributed by atoms with Crippen LogP contribution in [0.4, 0.5) is 10.5 Å². The molecule has 0 bridgehead atoms. The molecule has 0 radical (unpaired) electrons. The number of rotatable bonds is 6. The highest BCUT2D eigenvalue weighted by Gasteiger charge is 2.35. The Balaban J connectivity index is 1.74. The number of carbonyl (C=O) groups is 3. The molecule has 8 nitrogen and oxygen atoms in total. The molecule has 0 aliphatic carbocycles. The monoisotopic (exact) mass is 412 g/mol. The summed E-state index contributed by atoms with van der Waals surface area (Å²) in [5, 5.41) is 10.5. The van der Waals surface area contributed by atoms with Gasteiger partial charge in [-0.3, -0.25) is 24.6 Å². The average molecular weight is 412 g/mol. The van der Waals surface area contributed by atoms with E-state index in [-0.39, 0.29) is 23.7 Å². The summed E-state index contributed by atoms with van der Waals surface area (Å²) in [6, 6.07) is 12.3. The predicted octanol–water partition coefficient (Wildman–Crippen LogP) is 4.01. The third-order valence-corrected chi connectivity index (χ3v) is 4.97. The second-order valence-corrected chi connectivity index (χ2v) is 7.03. The molecule has 0 aromatic heterocycles. The zero-order valence-electron chi connectivity index (χ0n) is 15.4. The lowest BCUT2D eigenvalue weighted by Gasteiger charge is -2.12. The predicted molar refractivity (Wildman–Crippen MR) is 107 cm³/mol. The normalized spacial score (nSPS) is 15.1. The molecule has 148 valence electrons. The standard InChI is InChI=1S/C20H16N2O6S/c1-2-28-19(24)15-8-6-13(7-9-15)12-21-18(23)17(29-20(21)25)11-14-4-3-5-16(10-14)22(26)27/h3-11H,2,12H2,1H3/b17-11-. The van der Waals surface area contributed by atoms with Gasteiger partial charge in [-0.15, -0.1) is 0 Å². The Labute approximate surface area is 170 Å². The first-order chi connectivity index (χ1) is 13.9. The Morgan fingerprint density at radius 3 is 2.59 bits per heavy atom. The summed E-state index contributed by atoms with van der Waals surface area (Å²) >= 11 is 0.779. The van der Waals surface area contributed by atoms with Crippen molar-refractivity contribution >= 4 is 40.6 Å². The number of amides is 2. The molecule has 1 aliphatic heterocycles. The fourth-order valence-corrected chi connectivity index (χ4v) is 3.50. The highest BCUT2D eigenvalue weighted by molar-refractivity contribution is 8.18. The van der Waals surface area contributed by atoms with Crippen LogP contribution in [0.15, 0.2) is 53.4 Å². The van der Waals surface area contributed by atoms with Gasteiger partial charge in [0.05, 0.1) is 28.5 Å². The average Bonchev–Trinajstić information content (AvgIpc) is 2.96. The molecule has 2 aromatic rings. The molecule has 1 fully saturated rings. The van der Waals surface area contributed by atoms with Crippen molar-refractivity contribution in [3.8, 4) is 0 Å². The summed E-state index contributed by atoms with van der Waals surface area (Å²) in [7, 11) is 0. The lowest BCUT2D eigenvalue weighted by atomic mass is 10.1. The number of hydrogen-bond acceptors (Lipinski definition) is 7. The number of nitro groups is 1. The van der Waals surface area contributed by atoms with E-state index in [0.717, 1.165) is 16.7 Å². The first kappa shape index (κ1) is 20.3. The maximum absolute atomic E-state index is 12.6. The molecular weight excluding hydrogens is 396 g/mol. The van der Waals surface area contributed by atoms with Gasteiger partial charge in [0.25, 0.3) is 16.8 Å². The van der Waals surface area contributed by atoms with Gasteiger partial charge in [0, 0.05) is 12.1 Å². The zero-order chi connectivity index (χ0) is 21.0. The van der Waals surface area contributed by atoms with Crippen molar-refractivity contribution in [1.29, 1.82) is 0 Å². The van der Waals surface area contributed by atoms with Crippen LogP contribution >= 0.6 is 11.8 Å². The Morgan fingerprint density at radius 1 is 1.21 bits per heavy atom. The Kier molecular flexibility index (Phi) is 6.08. The van der Waals surface area contributed by atoms with E-state index >= 15 is 0 Å². The Hall–Kier alpha value is -3.46. The molecule has 1 heterocycles. The van der Waals surface area contributed by atoms with Crippen molar-refractivity contribution in [2.24, 2.45) is 0 Å². The smallest absolute Gasteiger partial charge is 0.338 e. The van der Waals surface area contributed by atoms with E-state index in [1.807, 2.05) is 0 Å². The zero-order valence-corrected chi connectivity index (χ0v) is 16.2. The molecule has 1 saturated heterocycles. The van der Waals surface area contributed by atoms with Crippen LogP contribution in [-0.4, -0.2) is 33.5 Å². The van der Waals surface area contributed by atoms with Gasteiger partial charge in [0.15, 0.2) is 0 Å². The summed E-state index contributed by atoms with van der Waals surface area (Å²) in [6.45, 7) is 2.04. The maximum atomic E-state index is 12.6. The lowest BCUT2D eigenvalue weighted by Crippen LogP contribution is -2.27. The van der Waals surface area contributed by atoms with Crippen LogP contribution in [0, 0.1) is 10.1 Å². The van der Waals surface area contributed by atoms with E-state index in [1.165, 1.54) is 24.3 Å². The van der Waals surface area contributed by atoms with Gasteiger partial charge in [0.2, 0.25) is 0 Å². The lowest BCUT2D eigenvalue weighted by molar-refractivity contribution is -0.384. The van der Waals surface area contributed by atoms with Gasteiger partial charge in [0.1, 0.15) is 0 Å². The molecule has 9 heteroatoms. The molecule has 0 unspecified atom stereocenters. The number of nitrogens with zero attached hydrogens (tertiary/aromatic N) is 2. The SMILES string of the molecule is CCOC(=O)c1ccc(CN2C(=O)S/C(=C\c3cccc([N+](=O)[O-])c3)C2=O)cc1. The number of esters is 1. The fourth-order valence-electron chi connectivity index (χ4n) is 2.66. The number of non-ortho nitro benzene ring substituents is 1. The van der Waals surface area contributed by atoms with E-state index in [1.54, 1.807) is 37.3 Å². The van der Waals surface area contributed by atoms with Gasteiger partial charge in [-0.25, -0.2) is 4.79 Å². The minimum Gasteiger partial charge on any atom is -0.462 e. The summed E-state index contributed by atoms with van der Waals surface area (Å²) in [4.78, 5) is 48.2. The number of nitro benzene ring substituents is 1. The van der Waals surface area contributed by atoms with E-state index in [9.17, 15) is 24.5 Å². The summed E-state index contributed by atoms with van der Waals surface area (Å²) in [5.41, 5.74) is 1.43. The number of thioether (sulfide) groups is 1. The third-order valence-electron chi connectivity index (χ3n) is 4.06. The summed E-state index contributed by atoms with van der Waals surface area (Å²) in [6.07, 6.45) is 1.46. The van der Waals surface area contributed by atoms with Gasteiger partial charge in [-0.2, -0.15) is 0 Å².